The molecule has 1 aliphatic rings. The smallest absolute Gasteiger partial charge is 0.246 e. The number of nitrogens with one attached hydrogen (secondary N) is 1. The number of rotatable bonds is 9. The van der Waals surface area contributed by atoms with Crippen molar-refractivity contribution in [2.75, 3.05) is 13.1 Å². The van der Waals surface area contributed by atoms with Gasteiger partial charge < -0.3 is 5.32 Å². The van der Waals surface area contributed by atoms with Crippen LogP contribution < -0.4 is 5.32 Å². The van der Waals surface area contributed by atoms with Crippen molar-refractivity contribution in [2.24, 2.45) is 5.92 Å². The van der Waals surface area contributed by atoms with Crippen LogP contribution in [0.2, 0.25) is 0 Å². The number of hydrogen-bond donors (Lipinski definition) is 1. The van der Waals surface area contributed by atoms with Crippen molar-refractivity contribution >= 4 is 15.9 Å². The summed E-state index contributed by atoms with van der Waals surface area (Å²) in [6, 6.07) is 0.200. The molecule has 7 nitrogen and oxygen atoms in total. The minimum absolute atomic E-state index is 0.0486. The van der Waals surface area contributed by atoms with Crippen molar-refractivity contribution in [1.29, 1.82) is 0 Å². The van der Waals surface area contributed by atoms with Crippen molar-refractivity contribution in [3.8, 4) is 0 Å². The van der Waals surface area contributed by atoms with Crippen LogP contribution in [0.15, 0.2) is 4.90 Å². The van der Waals surface area contributed by atoms with E-state index in [1.54, 1.807) is 13.8 Å². The topological polar surface area (TPSA) is 84.3 Å². The maximum Gasteiger partial charge on any atom is 0.246 e. The van der Waals surface area contributed by atoms with Crippen LogP contribution in [-0.2, 0) is 21.4 Å². The lowest BCUT2D eigenvalue weighted by molar-refractivity contribution is -0.123. The zero-order valence-electron chi connectivity index (χ0n) is 18.0. The van der Waals surface area contributed by atoms with Gasteiger partial charge in [0.2, 0.25) is 15.9 Å². The number of sulfonamides is 1. The SMILES string of the molecule is CCCN(CCC)S(=O)(=O)c1c(C)nn(CC(=O)N[C@@H]2CCCC[C@@H]2C)c1C. The zero-order chi connectivity index (χ0) is 20.9. The van der Waals surface area contributed by atoms with Gasteiger partial charge >= 0.3 is 0 Å². The summed E-state index contributed by atoms with van der Waals surface area (Å²) in [5.74, 6) is 0.373. The summed E-state index contributed by atoms with van der Waals surface area (Å²) in [4.78, 5) is 12.8. The first-order chi connectivity index (χ1) is 13.2. The summed E-state index contributed by atoms with van der Waals surface area (Å²) in [6.45, 7) is 10.6. The van der Waals surface area contributed by atoms with Crippen LogP contribution in [0.3, 0.4) is 0 Å². The van der Waals surface area contributed by atoms with E-state index in [9.17, 15) is 13.2 Å². The Labute approximate surface area is 169 Å². The minimum Gasteiger partial charge on any atom is -0.351 e. The van der Waals surface area contributed by atoms with Gasteiger partial charge in [-0.3, -0.25) is 9.48 Å². The fraction of sp³-hybridized carbons (Fsp3) is 0.800. The van der Waals surface area contributed by atoms with Crippen LogP contribution in [0.5, 0.6) is 0 Å². The number of carbonyl (C=O) groups excluding carboxylic acids is 1. The van der Waals surface area contributed by atoms with Gasteiger partial charge in [0.15, 0.2) is 0 Å². The molecular formula is C20H36N4O3S. The first-order valence-corrected chi connectivity index (χ1v) is 12.0. The highest BCUT2D eigenvalue weighted by molar-refractivity contribution is 7.89. The summed E-state index contributed by atoms with van der Waals surface area (Å²) in [5, 5.41) is 7.50. The molecule has 1 saturated carbocycles. The van der Waals surface area contributed by atoms with Crippen LogP contribution in [0.4, 0.5) is 0 Å². The van der Waals surface area contributed by atoms with Crippen LogP contribution in [0.1, 0.15) is 70.7 Å². The van der Waals surface area contributed by atoms with E-state index in [-0.39, 0.29) is 23.4 Å². The highest BCUT2D eigenvalue weighted by Crippen LogP contribution is 2.25. The lowest BCUT2D eigenvalue weighted by Crippen LogP contribution is -2.42. The number of aromatic nitrogens is 2. The molecule has 1 fully saturated rings. The van der Waals surface area contributed by atoms with Crippen LogP contribution in [0.25, 0.3) is 0 Å². The number of nitrogens with zero attached hydrogens (tertiary/aromatic N) is 3. The Morgan fingerprint density at radius 1 is 1.18 bits per heavy atom. The first kappa shape index (κ1) is 22.9. The molecule has 1 aromatic rings. The monoisotopic (exact) mass is 412 g/mol. The molecule has 1 amide bonds. The van der Waals surface area contributed by atoms with Gasteiger partial charge in [0.05, 0.1) is 11.4 Å². The second kappa shape index (κ2) is 9.87. The van der Waals surface area contributed by atoms with E-state index >= 15 is 0 Å². The molecule has 0 radical (unpaired) electrons. The predicted octanol–water partition coefficient (Wildman–Crippen LogP) is 3.01. The quantitative estimate of drug-likeness (QED) is 0.676. The lowest BCUT2D eigenvalue weighted by Gasteiger charge is -2.29. The molecule has 0 aliphatic heterocycles. The Bertz CT molecular complexity index is 767. The fourth-order valence-corrected chi connectivity index (χ4v) is 6.10. The van der Waals surface area contributed by atoms with Crippen LogP contribution in [-0.4, -0.2) is 47.5 Å². The highest BCUT2D eigenvalue weighted by Gasteiger charge is 2.31. The van der Waals surface area contributed by atoms with Gasteiger partial charge in [-0.2, -0.15) is 9.40 Å². The first-order valence-electron chi connectivity index (χ1n) is 10.6. The van der Waals surface area contributed by atoms with E-state index in [4.69, 9.17) is 0 Å². The molecule has 1 heterocycles. The molecule has 0 bridgehead atoms. The van der Waals surface area contributed by atoms with E-state index < -0.39 is 10.0 Å². The maximum absolute atomic E-state index is 13.2. The molecule has 28 heavy (non-hydrogen) atoms. The zero-order valence-corrected chi connectivity index (χ0v) is 18.8. The molecule has 0 unspecified atom stereocenters. The van der Waals surface area contributed by atoms with E-state index in [0.29, 0.717) is 30.4 Å². The molecule has 0 aromatic carbocycles. The summed E-state index contributed by atoms with van der Waals surface area (Å²) >= 11 is 0. The third-order valence-electron chi connectivity index (χ3n) is 5.61. The maximum atomic E-state index is 13.2. The average molecular weight is 413 g/mol. The molecule has 2 rings (SSSR count). The van der Waals surface area contributed by atoms with Crippen molar-refractivity contribution in [3.63, 3.8) is 0 Å². The largest absolute Gasteiger partial charge is 0.351 e. The van der Waals surface area contributed by atoms with Crippen molar-refractivity contribution in [2.45, 2.75) is 90.6 Å². The second-order valence-electron chi connectivity index (χ2n) is 8.00. The van der Waals surface area contributed by atoms with Gasteiger partial charge in [-0.25, -0.2) is 8.42 Å². The highest BCUT2D eigenvalue weighted by atomic mass is 32.2. The number of carbonyl (C=O) groups is 1. The van der Waals surface area contributed by atoms with E-state index in [2.05, 4.69) is 17.3 Å². The van der Waals surface area contributed by atoms with Crippen molar-refractivity contribution < 1.29 is 13.2 Å². The van der Waals surface area contributed by atoms with Gasteiger partial charge in [-0.05, 0) is 45.4 Å². The van der Waals surface area contributed by atoms with E-state index in [1.165, 1.54) is 15.4 Å². The molecule has 0 spiro atoms. The third kappa shape index (κ3) is 5.14. The van der Waals surface area contributed by atoms with Gasteiger partial charge in [0, 0.05) is 19.1 Å². The predicted molar refractivity (Wildman–Crippen MR) is 111 cm³/mol. The molecule has 1 aromatic heterocycles. The molecule has 8 heteroatoms. The molecular weight excluding hydrogens is 376 g/mol. The Morgan fingerprint density at radius 2 is 1.79 bits per heavy atom. The van der Waals surface area contributed by atoms with Crippen LogP contribution >= 0.6 is 0 Å². The van der Waals surface area contributed by atoms with Crippen molar-refractivity contribution in [3.05, 3.63) is 11.4 Å². The van der Waals surface area contributed by atoms with Gasteiger partial charge in [0.25, 0.3) is 0 Å². The van der Waals surface area contributed by atoms with Gasteiger partial charge in [0.1, 0.15) is 11.4 Å². The van der Waals surface area contributed by atoms with Crippen molar-refractivity contribution in [1.82, 2.24) is 19.4 Å². The van der Waals surface area contributed by atoms with Gasteiger partial charge in [-0.15, -0.1) is 0 Å². The molecule has 1 aliphatic carbocycles. The summed E-state index contributed by atoms with van der Waals surface area (Å²) in [7, 11) is -3.62. The Balaban J connectivity index is 2.19. The Kier molecular flexibility index (Phi) is 8.07. The molecule has 0 saturated heterocycles. The standard InChI is InChI=1S/C20H36N4O3S/c1-6-12-23(13-7-2)28(26,27)20-16(4)22-24(17(20)5)14-19(25)21-18-11-9-8-10-15(18)3/h15,18H,6-14H2,1-5H3,(H,21,25)/t15-,18+/m0/s1. The van der Waals surface area contributed by atoms with E-state index in [0.717, 1.165) is 32.1 Å². The minimum atomic E-state index is -3.62. The summed E-state index contributed by atoms with van der Waals surface area (Å²) in [5.41, 5.74) is 0.982. The normalized spacial score (nSPS) is 20.5. The summed E-state index contributed by atoms with van der Waals surface area (Å²) in [6.07, 6.45) is 6.02. The third-order valence-corrected chi connectivity index (χ3v) is 7.76. The number of amides is 1. The lowest BCUT2D eigenvalue weighted by atomic mass is 9.86. The van der Waals surface area contributed by atoms with E-state index in [1.807, 2.05) is 13.8 Å². The molecule has 160 valence electrons. The second-order valence-corrected chi connectivity index (χ2v) is 9.87. The molecule has 2 atom stereocenters. The average Bonchev–Trinajstić information content (AvgIpc) is 2.90. The fourth-order valence-electron chi connectivity index (χ4n) is 4.11. The summed E-state index contributed by atoms with van der Waals surface area (Å²) < 4.78 is 29.4. The molecule has 1 N–H and O–H groups in total. The van der Waals surface area contributed by atoms with Crippen LogP contribution in [0, 0.1) is 19.8 Å². The number of hydrogen-bond acceptors (Lipinski definition) is 4. The number of aryl methyl sites for hydroxylation is 1. The Hall–Kier alpha value is -1.41. The Morgan fingerprint density at radius 3 is 2.36 bits per heavy atom. The van der Waals surface area contributed by atoms with Gasteiger partial charge in [-0.1, -0.05) is 33.6 Å².